The minimum Gasteiger partial charge on any atom is -0.472 e. The van der Waals surface area contributed by atoms with Gasteiger partial charge in [-0.25, -0.2) is 0 Å². The van der Waals surface area contributed by atoms with E-state index in [2.05, 4.69) is 0 Å². The van der Waals surface area contributed by atoms with Gasteiger partial charge >= 0.3 is 5.97 Å². The highest BCUT2D eigenvalue weighted by Crippen LogP contribution is 2.27. The van der Waals surface area contributed by atoms with Gasteiger partial charge in [-0.1, -0.05) is 11.6 Å². The second kappa shape index (κ2) is 5.27. The Bertz CT molecular complexity index is 489. The quantitative estimate of drug-likeness (QED) is 0.784. The van der Waals surface area contributed by atoms with E-state index in [1.54, 1.807) is 18.2 Å². The Morgan fingerprint density at radius 2 is 2.33 bits per heavy atom. The van der Waals surface area contributed by atoms with Crippen LogP contribution in [0.5, 0.6) is 5.75 Å². The smallest absolute Gasteiger partial charge is 0.302 e. The number of fused-ring (bicyclic) bond motifs is 1. The van der Waals surface area contributed by atoms with E-state index < -0.39 is 0 Å². The lowest BCUT2D eigenvalue weighted by Gasteiger charge is -2.28. The number of halogens is 1. The van der Waals surface area contributed by atoms with E-state index in [0.29, 0.717) is 22.9 Å². The van der Waals surface area contributed by atoms with Crippen molar-refractivity contribution in [3.8, 4) is 5.75 Å². The lowest BCUT2D eigenvalue weighted by atomic mass is 10.1. The molecule has 0 spiro atoms. The van der Waals surface area contributed by atoms with Crippen LogP contribution in [0.25, 0.3) is 0 Å². The van der Waals surface area contributed by atoms with Crippen LogP contribution in [-0.2, 0) is 9.53 Å². The van der Waals surface area contributed by atoms with Gasteiger partial charge in [0.2, 0.25) is 0 Å². The van der Waals surface area contributed by atoms with Crippen LogP contribution < -0.4 is 4.74 Å². The van der Waals surface area contributed by atoms with Gasteiger partial charge in [-0.05, 0) is 18.2 Å². The van der Waals surface area contributed by atoms with Crippen LogP contribution in [0.2, 0.25) is 5.02 Å². The number of amides is 1. The molecule has 1 aliphatic rings. The zero-order valence-corrected chi connectivity index (χ0v) is 10.6. The normalized spacial score (nSPS) is 13.9. The lowest BCUT2D eigenvalue weighted by Crippen LogP contribution is -2.40. The van der Waals surface area contributed by atoms with E-state index in [-0.39, 0.29) is 25.2 Å². The average molecular weight is 270 g/mol. The highest BCUT2D eigenvalue weighted by molar-refractivity contribution is 6.30. The van der Waals surface area contributed by atoms with Gasteiger partial charge < -0.3 is 14.4 Å². The summed E-state index contributed by atoms with van der Waals surface area (Å²) < 4.78 is 10.2. The van der Waals surface area contributed by atoms with E-state index in [0.717, 1.165) is 0 Å². The molecular formula is C12H12ClNO4. The summed E-state index contributed by atoms with van der Waals surface area (Å²) in [5.74, 6) is -0.0381. The maximum absolute atomic E-state index is 12.1. The van der Waals surface area contributed by atoms with Crippen LogP contribution in [0.15, 0.2) is 18.2 Å². The summed E-state index contributed by atoms with van der Waals surface area (Å²) >= 11 is 5.82. The molecule has 0 radical (unpaired) electrons. The Balaban J connectivity index is 2.04. The third-order valence-corrected chi connectivity index (χ3v) is 2.74. The Labute approximate surface area is 109 Å². The van der Waals surface area contributed by atoms with Gasteiger partial charge in [0.05, 0.1) is 12.1 Å². The van der Waals surface area contributed by atoms with E-state index in [4.69, 9.17) is 21.1 Å². The molecule has 18 heavy (non-hydrogen) atoms. The summed E-state index contributed by atoms with van der Waals surface area (Å²) in [6.45, 7) is 1.92. The largest absolute Gasteiger partial charge is 0.472 e. The summed E-state index contributed by atoms with van der Waals surface area (Å²) in [5.41, 5.74) is 0.466. The monoisotopic (exact) mass is 269 g/mol. The van der Waals surface area contributed by atoms with E-state index in [1.807, 2.05) is 0 Å². The number of ether oxygens (including phenoxy) is 2. The summed E-state index contributed by atoms with van der Waals surface area (Å²) in [6.07, 6.45) is 0. The van der Waals surface area contributed by atoms with Gasteiger partial charge in [-0.15, -0.1) is 0 Å². The number of hydrogen-bond donors (Lipinski definition) is 0. The summed E-state index contributed by atoms with van der Waals surface area (Å²) in [4.78, 5) is 24.2. The fourth-order valence-electron chi connectivity index (χ4n) is 1.63. The molecule has 0 atom stereocenters. The molecule has 0 aliphatic carbocycles. The van der Waals surface area contributed by atoms with Crippen molar-refractivity contribution in [1.29, 1.82) is 0 Å². The number of nitrogens with zero attached hydrogens (tertiary/aromatic N) is 1. The third-order valence-electron chi connectivity index (χ3n) is 2.50. The molecule has 6 heteroatoms. The lowest BCUT2D eigenvalue weighted by molar-refractivity contribution is -0.141. The predicted molar refractivity (Wildman–Crippen MR) is 64.6 cm³/mol. The van der Waals surface area contributed by atoms with Crippen molar-refractivity contribution in [2.75, 3.05) is 19.9 Å². The zero-order chi connectivity index (χ0) is 13.1. The molecule has 5 nitrogen and oxygen atoms in total. The molecule has 2 rings (SSSR count). The first kappa shape index (κ1) is 12.7. The maximum atomic E-state index is 12.1. The number of carbonyl (C=O) groups is 2. The molecule has 0 aromatic heterocycles. The first-order valence-electron chi connectivity index (χ1n) is 5.43. The van der Waals surface area contributed by atoms with Gasteiger partial charge in [-0.3, -0.25) is 9.59 Å². The number of carbonyl (C=O) groups excluding carboxylic acids is 2. The summed E-state index contributed by atoms with van der Waals surface area (Å²) in [7, 11) is 0. The fraction of sp³-hybridized carbons (Fsp3) is 0.333. The van der Waals surface area contributed by atoms with E-state index >= 15 is 0 Å². The molecule has 0 bridgehead atoms. The molecule has 0 saturated heterocycles. The first-order chi connectivity index (χ1) is 8.58. The molecule has 0 fully saturated rings. The third kappa shape index (κ3) is 2.73. The van der Waals surface area contributed by atoms with Crippen molar-refractivity contribution in [1.82, 2.24) is 4.90 Å². The first-order valence-corrected chi connectivity index (χ1v) is 5.80. The van der Waals surface area contributed by atoms with Crippen LogP contribution in [0.1, 0.15) is 17.3 Å². The van der Waals surface area contributed by atoms with Gasteiger partial charge in [0.15, 0.2) is 6.73 Å². The highest BCUT2D eigenvalue weighted by atomic mass is 35.5. The van der Waals surface area contributed by atoms with Gasteiger partial charge in [0.1, 0.15) is 12.4 Å². The van der Waals surface area contributed by atoms with Crippen molar-refractivity contribution in [3.05, 3.63) is 28.8 Å². The van der Waals surface area contributed by atoms with E-state index in [1.165, 1.54) is 11.8 Å². The Morgan fingerprint density at radius 1 is 1.56 bits per heavy atom. The van der Waals surface area contributed by atoms with Gasteiger partial charge in [0, 0.05) is 11.9 Å². The average Bonchev–Trinajstić information content (AvgIpc) is 2.31. The van der Waals surface area contributed by atoms with Crippen molar-refractivity contribution >= 4 is 23.5 Å². The molecule has 96 valence electrons. The minimum absolute atomic E-state index is 0.132. The molecule has 0 N–H and O–H groups in total. The minimum atomic E-state index is -0.368. The Hall–Kier alpha value is -1.75. The van der Waals surface area contributed by atoms with Crippen LogP contribution in [0, 0.1) is 0 Å². The van der Waals surface area contributed by atoms with Crippen molar-refractivity contribution in [2.45, 2.75) is 6.92 Å². The predicted octanol–water partition coefficient (Wildman–Crippen LogP) is 1.70. The second-order valence-electron chi connectivity index (χ2n) is 3.82. The van der Waals surface area contributed by atoms with Crippen LogP contribution in [0.3, 0.4) is 0 Å². The Kier molecular flexibility index (Phi) is 3.72. The zero-order valence-electron chi connectivity index (χ0n) is 9.81. The fourth-order valence-corrected chi connectivity index (χ4v) is 1.80. The van der Waals surface area contributed by atoms with Crippen LogP contribution >= 0.6 is 11.6 Å². The van der Waals surface area contributed by atoms with Crippen LogP contribution in [-0.4, -0.2) is 36.7 Å². The number of rotatable bonds is 3. The maximum Gasteiger partial charge on any atom is 0.302 e. The van der Waals surface area contributed by atoms with Crippen LogP contribution in [0.4, 0.5) is 0 Å². The molecule has 1 aromatic carbocycles. The number of hydrogen-bond acceptors (Lipinski definition) is 4. The number of benzene rings is 1. The van der Waals surface area contributed by atoms with Gasteiger partial charge in [0.25, 0.3) is 5.91 Å². The highest BCUT2D eigenvalue weighted by Gasteiger charge is 2.25. The SMILES string of the molecule is CC(=O)OCCN1COc2cc(Cl)ccc2C1=O. The van der Waals surface area contributed by atoms with Crippen molar-refractivity contribution < 1.29 is 19.1 Å². The molecule has 1 aromatic rings. The van der Waals surface area contributed by atoms with E-state index in [9.17, 15) is 9.59 Å². The molecular weight excluding hydrogens is 258 g/mol. The summed E-state index contributed by atoms with van der Waals surface area (Å²) in [6, 6.07) is 4.87. The van der Waals surface area contributed by atoms with Crippen molar-refractivity contribution in [2.24, 2.45) is 0 Å². The number of esters is 1. The molecule has 0 saturated carbocycles. The summed E-state index contributed by atoms with van der Waals surface area (Å²) in [5, 5.41) is 0.523. The molecule has 1 aliphatic heterocycles. The Morgan fingerprint density at radius 3 is 3.06 bits per heavy atom. The molecule has 1 amide bonds. The second-order valence-corrected chi connectivity index (χ2v) is 4.26. The topological polar surface area (TPSA) is 55.8 Å². The molecule has 1 heterocycles. The van der Waals surface area contributed by atoms with Crippen molar-refractivity contribution in [3.63, 3.8) is 0 Å². The standard InChI is InChI=1S/C12H12ClNO4/c1-8(15)17-5-4-14-7-18-11-6-9(13)2-3-10(11)12(14)16/h2-3,6H,4-5,7H2,1H3. The van der Waals surface area contributed by atoms with Gasteiger partial charge in [-0.2, -0.15) is 0 Å². The molecule has 0 unspecified atom stereocenters.